The van der Waals surface area contributed by atoms with Gasteiger partial charge >= 0.3 is 0 Å². The molecule has 2 aromatic carbocycles. The molecule has 0 unspecified atom stereocenters. The lowest BCUT2D eigenvalue weighted by atomic mass is 9.99. The van der Waals surface area contributed by atoms with E-state index in [4.69, 9.17) is 11.6 Å². The van der Waals surface area contributed by atoms with Gasteiger partial charge < -0.3 is 0 Å². The van der Waals surface area contributed by atoms with E-state index in [1.807, 2.05) is 24.3 Å². The van der Waals surface area contributed by atoms with Crippen LogP contribution in [0.25, 0.3) is 17.2 Å². The van der Waals surface area contributed by atoms with Gasteiger partial charge in [-0.05, 0) is 35.2 Å². The van der Waals surface area contributed by atoms with Gasteiger partial charge in [-0.15, -0.1) is 0 Å². The van der Waals surface area contributed by atoms with E-state index in [9.17, 15) is 0 Å². The fourth-order valence-electron chi connectivity index (χ4n) is 1.76. The maximum Gasteiger partial charge on any atom is 0.0484 e. The molecule has 0 N–H and O–H groups in total. The third-order valence-electron chi connectivity index (χ3n) is 2.68. The molecule has 0 heterocycles. The van der Waals surface area contributed by atoms with Gasteiger partial charge in [-0.1, -0.05) is 60.7 Å². The highest BCUT2D eigenvalue weighted by Crippen LogP contribution is 2.28. The minimum atomic E-state index is 0.746. The molecule has 0 radical (unpaired) electrons. The van der Waals surface area contributed by atoms with Crippen molar-refractivity contribution in [3.63, 3.8) is 0 Å². The molecular formula is C15H13Cl. The SMILES string of the molecule is C=Cc1ccc(-c2ccccc2C)cc1Cl. The third kappa shape index (κ3) is 2.02. The van der Waals surface area contributed by atoms with E-state index in [2.05, 4.69) is 31.7 Å². The van der Waals surface area contributed by atoms with Crippen molar-refractivity contribution in [1.82, 2.24) is 0 Å². The van der Waals surface area contributed by atoms with Gasteiger partial charge in [0.1, 0.15) is 0 Å². The Morgan fingerprint density at radius 1 is 1.12 bits per heavy atom. The summed E-state index contributed by atoms with van der Waals surface area (Å²) in [6.07, 6.45) is 1.77. The van der Waals surface area contributed by atoms with Gasteiger partial charge in [0.05, 0.1) is 0 Å². The van der Waals surface area contributed by atoms with Crippen LogP contribution in [0.1, 0.15) is 11.1 Å². The van der Waals surface area contributed by atoms with Crippen LogP contribution >= 0.6 is 11.6 Å². The zero-order valence-corrected chi connectivity index (χ0v) is 9.96. The predicted molar refractivity (Wildman–Crippen MR) is 71.7 cm³/mol. The molecule has 0 saturated heterocycles. The maximum atomic E-state index is 6.16. The first-order valence-corrected chi connectivity index (χ1v) is 5.58. The van der Waals surface area contributed by atoms with E-state index >= 15 is 0 Å². The van der Waals surface area contributed by atoms with Crippen molar-refractivity contribution < 1.29 is 0 Å². The molecule has 0 aliphatic rings. The van der Waals surface area contributed by atoms with Crippen LogP contribution in [0.15, 0.2) is 49.0 Å². The fourth-order valence-corrected chi connectivity index (χ4v) is 2.01. The van der Waals surface area contributed by atoms with E-state index in [1.165, 1.54) is 11.1 Å². The van der Waals surface area contributed by atoms with Gasteiger partial charge in [0.15, 0.2) is 0 Å². The summed E-state index contributed by atoms with van der Waals surface area (Å²) in [7, 11) is 0. The van der Waals surface area contributed by atoms with Gasteiger partial charge in [0.2, 0.25) is 0 Å². The number of halogens is 1. The van der Waals surface area contributed by atoms with Gasteiger partial charge in [-0.2, -0.15) is 0 Å². The van der Waals surface area contributed by atoms with Gasteiger partial charge in [0, 0.05) is 5.02 Å². The van der Waals surface area contributed by atoms with Crippen LogP contribution in [-0.2, 0) is 0 Å². The zero-order chi connectivity index (χ0) is 11.5. The summed E-state index contributed by atoms with van der Waals surface area (Å²) in [4.78, 5) is 0. The summed E-state index contributed by atoms with van der Waals surface area (Å²) in [5.74, 6) is 0. The van der Waals surface area contributed by atoms with Crippen LogP contribution in [0.3, 0.4) is 0 Å². The Hall–Kier alpha value is -1.53. The molecule has 0 fully saturated rings. The first-order valence-electron chi connectivity index (χ1n) is 5.20. The Balaban J connectivity index is 2.54. The largest absolute Gasteiger partial charge is 0.0984 e. The number of hydrogen-bond donors (Lipinski definition) is 0. The van der Waals surface area contributed by atoms with Gasteiger partial charge in [-0.3, -0.25) is 0 Å². The van der Waals surface area contributed by atoms with Crippen molar-refractivity contribution in [2.75, 3.05) is 0 Å². The van der Waals surface area contributed by atoms with Crippen molar-refractivity contribution in [3.8, 4) is 11.1 Å². The van der Waals surface area contributed by atoms with E-state index < -0.39 is 0 Å². The van der Waals surface area contributed by atoms with E-state index in [-0.39, 0.29) is 0 Å². The van der Waals surface area contributed by atoms with Crippen LogP contribution in [-0.4, -0.2) is 0 Å². The van der Waals surface area contributed by atoms with Crippen molar-refractivity contribution in [2.45, 2.75) is 6.92 Å². The van der Waals surface area contributed by atoms with Crippen molar-refractivity contribution >= 4 is 17.7 Å². The Kier molecular flexibility index (Phi) is 3.12. The van der Waals surface area contributed by atoms with Crippen LogP contribution in [0.2, 0.25) is 5.02 Å². The lowest BCUT2D eigenvalue weighted by Crippen LogP contribution is -1.83. The summed E-state index contributed by atoms with van der Waals surface area (Å²) in [6, 6.07) is 14.3. The molecule has 0 bridgehead atoms. The molecule has 80 valence electrons. The first-order chi connectivity index (χ1) is 7.72. The molecule has 2 rings (SSSR count). The lowest BCUT2D eigenvalue weighted by Gasteiger charge is -2.07. The second kappa shape index (κ2) is 4.54. The van der Waals surface area contributed by atoms with Gasteiger partial charge in [0.25, 0.3) is 0 Å². The second-order valence-electron chi connectivity index (χ2n) is 3.76. The van der Waals surface area contributed by atoms with Crippen LogP contribution < -0.4 is 0 Å². The summed E-state index contributed by atoms with van der Waals surface area (Å²) < 4.78 is 0. The van der Waals surface area contributed by atoms with E-state index in [1.54, 1.807) is 6.08 Å². The first kappa shape index (κ1) is 11.0. The molecule has 0 aliphatic heterocycles. The number of aryl methyl sites for hydroxylation is 1. The molecule has 0 aromatic heterocycles. The minimum absolute atomic E-state index is 0.746. The molecule has 2 aromatic rings. The number of benzene rings is 2. The second-order valence-corrected chi connectivity index (χ2v) is 4.16. The highest BCUT2D eigenvalue weighted by atomic mass is 35.5. The predicted octanol–water partition coefficient (Wildman–Crippen LogP) is 4.96. The summed E-state index contributed by atoms with van der Waals surface area (Å²) in [5, 5.41) is 0.746. The average molecular weight is 229 g/mol. The standard InChI is InChI=1S/C15H13Cl/c1-3-12-8-9-13(10-15(12)16)14-7-5-4-6-11(14)2/h3-10H,1H2,2H3. The normalized spacial score (nSPS) is 10.1. The molecule has 0 amide bonds. The maximum absolute atomic E-state index is 6.16. The Morgan fingerprint density at radius 2 is 1.88 bits per heavy atom. The highest BCUT2D eigenvalue weighted by molar-refractivity contribution is 6.32. The van der Waals surface area contributed by atoms with Crippen molar-refractivity contribution in [1.29, 1.82) is 0 Å². The quantitative estimate of drug-likeness (QED) is 0.682. The van der Waals surface area contributed by atoms with E-state index in [0.717, 1.165) is 16.1 Å². The number of hydrogen-bond acceptors (Lipinski definition) is 0. The molecule has 0 nitrogen and oxygen atoms in total. The average Bonchev–Trinajstić information content (AvgIpc) is 2.29. The van der Waals surface area contributed by atoms with Crippen LogP contribution in [0.4, 0.5) is 0 Å². The number of rotatable bonds is 2. The summed E-state index contributed by atoms with van der Waals surface area (Å²) in [6.45, 7) is 5.83. The highest BCUT2D eigenvalue weighted by Gasteiger charge is 2.03. The minimum Gasteiger partial charge on any atom is -0.0984 e. The van der Waals surface area contributed by atoms with Gasteiger partial charge in [-0.25, -0.2) is 0 Å². The Bertz CT molecular complexity index is 527. The zero-order valence-electron chi connectivity index (χ0n) is 9.20. The van der Waals surface area contributed by atoms with Crippen molar-refractivity contribution in [2.24, 2.45) is 0 Å². The topological polar surface area (TPSA) is 0 Å². The monoisotopic (exact) mass is 228 g/mol. The molecular weight excluding hydrogens is 216 g/mol. The molecule has 0 spiro atoms. The Labute approximate surface area is 101 Å². The fraction of sp³-hybridized carbons (Fsp3) is 0.0667. The molecule has 1 heteroatoms. The summed E-state index contributed by atoms with van der Waals surface area (Å²) in [5.41, 5.74) is 4.60. The summed E-state index contributed by atoms with van der Waals surface area (Å²) >= 11 is 6.16. The van der Waals surface area contributed by atoms with Crippen LogP contribution in [0, 0.1) is 6.92 Å². The molecule has 16 heavy (non-hydrogen) atoms. The molecule has 0 aliphatic carbocycles. The van der Waals surface area contributed by atoms with Crippen LogP contribution in [0.5, 0.6) is 0 Å². The van der Waals surface area contributed by atoms with E-state index in [0.29, 0.717) is 0 Å². The Morgan fingerprint density at radius 3 is 2.50 bits per heavy atom. The molecule has 0 atom stereocenters. The molecule has 0 saturated carbocycles. The third-order valence-corrected chi connectivity index (χ3v) is 3.00. The van der Waals surface area contributed by atoms with Crippen molar-refractivity contribution in [3.05, 3.63) is 65.2 Å². The smallest absolute Gasteiger partial charge is 0.0484 e. The lowest BCUT2D eigenvalue weighted by molar-refractivity contribution is 1.46.